The number of nitrogens with two attached hydrogens (primary N) is 1. The average molecular weight is 262 g/mol. The van der Waals surface area contributed by atoms with Gasteiger partial charge in [0.05, 0.1) is 12.5 Å². The van der Waals surface area contributed by atoms with Crippen molar-refractivity contribution < 1.29 is 9.53 Å². The lowest BCUT2D eigenvalue weighted by molar-refractivity contribution is -0.135. The van der Waals surface area contributed by atoms with Crippen LogP contribution in [0.1, 0.15) is 12.0 Å². The fraction of sp³-hybridized carbons (Fsp3) is 0.533. The van der Waals surface area contributed by atoms with Crippen LogP contribution in [0.2, 0.25) is 0 Å². The molecular weight excluding hydrogens is 240 g/mol. The molecule has 0 bridgehead atoms. The Hall–Kier alpha value is -1.39. The fourth-order valence-electron chi connectivity index (χ4n) is 2.39. The summed E-state index contributed by atoms with van der Waals surface area (Å²) in [6.07, 6.45) is 1.63. The van der Waals surface area contributed by atoms with E-state index in [1.54, 1.807) is 0 Å². The first kappa shape index (κ1) is 14.0. The van der Waals surface area contributed by atoms with E-state index in [0.29, 0.717) is 26.1 Å². The van der Waals surface area contributed by atoms with Crippen molar-refractivity contribution in [3.05, 3.63) is 35.9 Å². The first-order chi connectivity index (χ1) is 9.31. The van der Waals surface area contributed by atoms with E-state index >= 15 is 0 Å². The van der Waals surface area contributed by atoms with Gasteiger partial charge >= 0.3 is 0 Å². The van der Waals surface area contributed by atoms with Gasteiger partial charge in [0.2, 0.25) is 5.91 Å². The molecule has 0 saturated carbocycles. The van der Waals surface area contributed by atoms with E-state index in [1.165, 1.54) is 0 Å². The molecule has 1 aromatic carbocycles. The van der Waals surface area contributed by atoms with Gasteiger partial charge in [0.25, 0.3) is 0 Å². The van der Waals surface area contributed by atoms with Crippen LogP contribution in [0, 0.1) is 5.92 Å². The summed E-state index contributed by atoms with van der Waals surface area (Å²) in [6.45, 7) is 3.24. The van der Waals surface area contributed by atoms with Crippen LogP contribution in [0.4, 0.5) is 0 Å². The molecule has 2 N–H and O–H groups in total. The topological polar surface area (TPSA) is 55.6 Å². The highest BCUT2D eigenvalue weighted by Gasteiger charge is 2.24. The minimum absolute atomic E-state index is 0.125. The molecule has 0 aromatic heterocycles. The summed E-state index contributed by atoms with van der Waals surface area (Å²) in [5.41, 5.74) is 6.95. The number of hydrogen-bond donors (Lipinski definition) is 1. The molecule has 1 amide bonds. The third-order valence-corrected chi connectivity index (χ3v) is 3.49. The first-order valence-corrected chi connectivity index (χ1v) is 6.92. The normalized spacial score (nSPS) is 17.8. The molecule has 4 nitrogen and oxygen atoms in total. The molecule has 0 aliphatic carbocycles. The molecule has 19 heavy (non-hydrogen) atoms. The summed E-state index contributed by atoms with van der Waals surface area (Å²) >= 11 is 0. The van der Waals surface area contributed by atoms with Crippen molar-refractivity contribution in [3.8, 4) is 0 Å². The molecule has 2 rings (SSSR count). The van der Waals surface area contributed by atoms with Crippen molar-refractivity contribution in [1.82, 2.24) is 4.90 Å². The monoisotopic (exact) mass is 262 g/mol. The molecule has 1 aromatic rings. The Kier molecular flexibility index (Phi) is 5.36. The largest absolute Gasteiger partial charge is 0.380 e. The summed E-state index contributed by atoms with van der Waals surface area (Å²) in [6, 6.07) is 10.1. The highest BCUT2D eigenvalue weighted by molar-refractivity contribution is 5.79. The Labute approximate surface area is 114 Å². The molecule has 1 unspecified atom stereocenters. The van der Waals surface area contributed by atoms with Crippen molar-refractivity contribution in [2.75, 3.05) is 32.8 Å². The lowest BCUT2D eigenvalue weighted by Gasteiger charge is -2.25. The molecule has 1 saturated heterocycles. The van der Waals surface area contributed by atoms with E-state index in [9.17, 15) is 4.79 Å². The molecule has 1 atom stereocenters. The standard InChI is InChI=1S/C15H22N2O2/c16-12-14(11-13-5-2-1-3-6-13)15(18)17-7-4-9-19-10-8-17/h1-3,5-6,14H,4,7-12,16H2. The number of amides is 1. The van der Waals surface area contributed by atoms with Crippen LogP contribution in [0.5, 0.6) is 0 Å². The molecule has 1 aliphatic rings. The summed E-state index contributed by atoms with van der Waals surface area (Å²) in [4.78, 5) is 14.4. The van der Waals surface area contributed by atoms with E-state index in [0.717, 1.165) is 25.1 Å². The number of carbonyl (C=O) groups excluding carboxylic acids is 1. The summed E-state index contributed by atoms with van der Waals surface area (Å²) < 4.78 is 5.38. The maximum absolute atomic E-state index is 12.5. The molecule has 4 heteroatoms. The number of carbonyl (C=O) groups is 1. The van der Waals surface area contributed by atoms with Gasteiger partial charge in [-0.25, -0.2) is 0 Å². The molecule has 104 valence electrons. The fourth-order valence-corrected chi connectivity index (χ4v) is 2.39. The van der Waals surface area contributed by atoms with Crippen LogP contribution < -0.4 is 5.73 Å². The smallest absolute Gasteiger partial charge is 0.227 e. The Balaban J connectivity index is 1.98. The summed E-state index contributed by atoms with van der Waals surface area (Å²) in [7, 11) is 0. The van der Waals surface area contributed by atoms with E-state index in [4.69, 9.17) is 10.5 Å². The second-order valence-corrected chi connectivity index (χ2v) is 4.91. The quantitative estimate of drug-likeness (QED) is 0.882. The Morgan fingerprint density at radius 2 is 2.05 bits per heavy atom. The first-order valence-electron chi connectivity index (χ1n) is 6.92. The lowest BCUT2D eigenvalue weighted by Crippen LogP contribution is -2.41. The van der Waals surface area contributed by atoms with Crippen molar-refractivity contribution in [2.45, 2.75) is 12.8 Å². The molecule has 0 spiro atoms. The molecular formula is C15H22N2O2. The predicted molar refractivity (Wildman–Crippen MR) is 74.7 cm³/mol. The lowest BCUT2D eigenvalue weighted by atomic mass is 9.98. The van der Waals surface area contributed by atoms with Gasteiger partial charge in [-0.05, 0) is 18.4 Å². The highest BCUT2D eigenvalue weighted by Crippen LogP contribution is 2.12. The molecule has 1 aliphatic heterocycles. The van der Waals surface area contributed by atoms with Gasteiger partial charge in [0, 0.05) is 26.2 Å². The summed E-state index contributed by atoms with van der Waals surface area (Å²) in [5, 5.41) is 0. The third kappa shape index (κ3) is 4.04. The van der Waals surface area contributed by atoms with Crippen molar-refractivity contribution in [2.24, 2.45) is 11.7 Å². The maximum atomic E-state index is 12.5. The average Bonchev–Trinajstić information content (AvgIpc) is 2.74. The van der Waals surface area contributed by atoms with Crippen LogP contribution >= 0.6 is 0 Å². The number of ether oxygens (including phenoxy) is 1. The molecule has 1 heterocycles. The number of nitrogens with zero attached hydrogens (tertiary/aromatic N) is 1. The van der Waals surface area contributed by atoms with E-state index in [1.807, 2.05) is 35.2 Å². The Morgan fingerprint density at radius 3 is 2.79 bits per heavy atom. The van der Waals surface area contributed by atoms with Crippen LogP contribution in [-0.4, -0.2) is 43.7 Å². The zero-order chi connectivity index (χ0) is 13.5. The van der Waals surface area contributed by atoms with Crippen LogP contribution in [0.25, 0.3) is 0 Å². The van der Waals surface area contributed by atoms with Gasteiger partial charge in [0.15, 0.2) is 0 Å². The minimum atomic E-state index is -0.125. The third-order valence-electron chi connectivity index (χ3n) is 3.49. The summed E-state index contributed by atoms with van der Waals surface area (Å²) in [5.74, 6) is 0.0392. The van der Waals surface area contributed by atoms with Gasteiger partial charge in [0.1, 0.15) is 0 Å². The Morgan fingerprint density at radius 1 is 1.26 bits per heavy atom. The van der Waals surface area contributed by atoms with Gasteiger partial charge in [-0.15, -0.1) is 0 Å². The Bertz CT molecular complexity index is 386. The van der Waals surface area contributed by atoms with E-state index in [-0.39, 0.29) is 11.8 Å². The van der Waals surface area contributed by atoms with Gasteiger partial charge < -0.3 is 15.4 Å². The van der Waals surface area contributed by atoms with Gasteiger partial charge in [-0.1, -0.05) is 30.3 Å². The number of hydrogen-bond acceptors (Lipinski definition) is 3. The van der Waals surface area contributed by atoms with Crippen LogP contribution in [-0.2, 0) is 16.0 Å². The zero-order valence-electron chi connectivity index (χ0n) is 11.3. The maximum Gasteiger partial charge on any atom is 0.227 e. The molecule has 0 radical (unpaired) electrons. The minimum Gasteiger partial charge on any atom is -0.380 e. The van der Waals surface area contributed by atoms with Gasteiger partial charge in [-0.2, -0.15) is 0 Å². The van der Waals surface area contributed by atoms with Crippen molar-refractivity contribution in [1.29, 1.82) is 0 Å². The zero-order valence-corrected chi connectivity index (χ0v) is 11.3. The second-order valence-electron chi connectivity index (χ2n) is 4.91. The van der Waals surface area contributed by atoms with Crippen LogP contribution in [0.3, 0.4) is 0 Å². The highest BCUT2D eigenvalue weighted by atomic mass is 16.5. The van der Waals surface area contributed by atoms with Crippen LogP contribution in [0.15, 0.2) is 30.3 Å². The van der Waals surface area contributed by atoms with Gasteiger partial charge in [-0.3, -0.25) is 4.79 Å². The van der Waals surface area contributed by atoms with E-state index < -0.39 is 0 Å². The van der Waals surface area contributed by atoms with Crippen molar-refractivity contribution in [3.63, 3.8) is 0 Å². The number of benzene rings is 1. The predicted octanol–water partition coefficient (Wildman–Crippen LogP) is 1.05. The van der Waals surface area contributed by atoms with E-state index in [2.05, 4.69) is 0 Å². The molecule has 1 fully saturated rings. The number of rotatable bonds is 4. The second kappa shape index (κ2) is 7.26. The van der Waals surface area contributed by atoms with Crippen molar-refractivity contribution >= 4 is 5.91 Å². The SMILES string of the molecule is NCC(Cc1ccccc1)C(=O)N1CCCOCC1.